The maximum absolute atomic E-state index is 14.0. The summed E-state index contributed by atoms with van der Waals surface area (Å²) in [6.07, 6.45) is 7.88. The van der Waals surface area contributed by atoms with E-state index in [-0.39, 0.29) is 40.5 Å². The Bertz CT molecular complexity index is 824. The molecule has 3 rings (SSSR count). The number of nitrogens with zero attached hydrogens (tertiary/aromatic N) is 2. The minimum absolute atomic E-state index is 0.0226. The molecular formula is C26H39BrN2O5S. The van der Waals surface area contributed by atoms with Crippen LogP contribution in [0.5, 0.6) is 0 Å². The van der Waals surface area contributed by atoms with Gasteiger partial charge in [-0.3, -0.25) is 14.4 Å². The van der Waals surface area contributed by atoms with Gasteiger partial charge in [0.05, 0.1) is 23.2 Å². The van der Waals surface area contributed by atoms with Gasteiger partial charge in [0.25, 0.3) is 0 Å². The van der Waals surface area contributed by atoms with Gasteiger partial charge in [0.1, 0.15) is 6.04 Å². The Kier molecular flexibility index (Phi) is 9.91. The lowest BCUT2D eigenvalue weighted by molar-refractivity contribution is -0.154. The summed E-state index contributed by atoms with van der Waals surface area (Å²) in [7, 11) is 0. The molecule has 3 saturated heterocycles. The maximum Gasteiger partial charge on any atom is 0.310 e. The maximum atomic E-state index is 14.0. The minimum atomic E-state index is -0.674. The number of aliphatic hydroxyl groups is 1. The topological polar surface area (TPSA) is 87.1 Å². The van der Waals surface area contributed by atoms with Crippen LogP contribution in [0.2, 0.25) is 0 Å². The van der Waals surface area contributed by atoms with Crippen molar-refractivity contribution in [2.75, 3.05) is 26.3 Å². The van der Waals surface area contributed by atoms with Crippen LogP contribution in [0.15, 0.2) is 25.3 Å². The lowest BCUT2D eigenvalue weighted by atomic mass is 9.71. The monoisotopic (exact) mass is 570 g/mol. The fraction of sp³-hybridized carbons (Fsp3) is 0.731. The number of thioether (sulfide) groups is 1. The van der Waals surface area contributed by atoms with Gasteiger partial charge in [-0.2, -0.15) is 0 Å². The fourth-order valence-corrected chi connectivity index (χ4v) is 9.42. The highest BCUT2D eigenvalue weighted by atomic mass is 79.9. The number of carbonyl (C=O) groups excluding carboxylic acids is 3. The molecule has 1 spiro atoms. The molecule has 35 heavy (non-hydrogen) atoms. The number of aliphatic hydroxyl groups excluding tert-OH is 1. The summed E-state index contributed by atoms with van der Waals surface area (Å²) in [5.74, 6) is -1.71. The molecule has 0 aromatic carbocycles. The van der Waals surface area contributed by atoms with Crippen molar-refractivity contribution in [3.05, 3.63) is 25.3 Å². The molecule has 7 nitrogen and oxygen atoms in total. The zero-order valence-corrected chi connectivity index (χ0v) is 23.3. The van der Waals surface area contributed by atoms with Gasteiger partial charge in [-0.15, -0.1) is 24.9 Å². The van der Waals surface area contributed by atoms with Crippen molar-refractivity contribution in [1.29, 1.82) is 0 Å². The minimum Gasteiger partial charge on any atom is -0.465 e. The molecule has 6 atom stereocenters. The van der Waals surface area contributed by atoms with E-state index in [1.54, 1.807) is 27.6 Å². The SMILES string of the molecule is C=CCCCCOC(=O)[C@H]1[C@H]2C(=O)N(CCCCO)C(C(=O)N(CC=C)C(C)C)C23CC(Br)[C@@H]1S3. The molecule has 0 aliphatic carbocycles. The van der Waals surface area contributed by atoms with Crippen LogP contribution in [0.3, 0.4) is 0 Å². The number of hydrogen-bond donors (Lipinski definition) is 1. The second-order valence-electron chi connectivity index (χ2n) is 9.95. The predicted molar refractivity (Wildman–Crippen MR) is 142 cm³/mol. The molecule has 2 amide bonds. The van der Waals surface area contributed by atoms with Crippen molar-refractivity contribution in [3.8, 4) is 0 Å². The molecule has 2 bridgehead atoms. The Balaban J connectivity index is 1.92. The zero-order chi connectivity index (χ0) is 25.8. The van der Waals surface area contributed by atoms with Gasteiger partial charge in [0, 0.05) is 35.8 Å². The Morgan fingerprint density at radius 2 is 2.03 bits per heavy atom. The number of likely N-dealkylation sites (tertiary alicyclic amines) is 1. The van der Waals surface area contributed by atoms with Gasteiger partial charge < -0.3 is 19.6 Å². The molecule has 3 aliphatic rings. The van der Waals surface area contributed by atoms with Crippen LogP contribution in [-0.2, 0) is 19.1 Å². The highest BCUT2D eigenvalue weighted by Gasteiger charge is 2.76. The Morgan fingerprint density at radius 3 is 2.66 bits per heavy atom. The summed E-state index contributed by atoms with van der Waals surface area (Å²) >= 11 is 5.40. The third kappa shape index (κ3) is 5.37. The molecule has 0 aromatic heterocycles. The van der Waals surface area contributed by atoms with E-state index in [4.69, 9.17) is 4.74 Å². The number of ether oxygens (including phenoxy) is 1. The van der Waals surface area contributed by atoms with E-state index in [2.05, 4.69) is 29.1 Å². The van der Waals surface area contributed by atoms with Crippen molar-refractivity contribution in [3.63, 3.8) is 0 Å². The average molecular weight is 572 g/mol. The molecule has 0 radical (unpaired) electrons. The highest BCUT2D eigenvalue weighted by molar-refractivity contribution is 9.09. The van der Waals surface area contributed by atoms with Crippen molar-refractivity contribution in [1.82, 2.24) is 9.80 Å². The number of hydrogen-bond acceptors (Lipinski definition) is 6. The van der Waals surface area contributed by atoms with Crippen molar-refractivity contribution >= 4 is 45.5 Å². The van der Waals surface area contributed by atoms with Gasteiger partial charge in [-0.05, 0) is 52.4 Å². The van der Waals surface area contributed by atoms with Gasteiger partial charge in [-0.25, -0.2) is 0 Å². The molecular weight excluding hydrogens is 532 g/mol. The number of carbonyl (C=O) groups is 3. The van der Waals surface area contributed by atoms with Crippen LogP contribution in [0.4, 0.5) is 0 Å². The third-order valence-electron chi connectivity index (χ3n) is 7.38. The van der Waals surface area contributed by atoms with Crippen LogP contribution < -0.4 is 0 Å². The molecule has 9 heteroatoms. The fourth-order valence-electron chi connectivity index (χ4n) is 5.82. The van der Waals surface area contributed by atoms with Crippen molar-refractivity contribution < 1.29 is 24.2 Å². The summed E-state index contributed by atoms with van der Waals surface area (Å²) in [6.45, 7) is 12.6. The van der Waals surface area contributed by atoms with Gasteiger partial charge >= 0.3 is 5.97 Å². The number of esters is 1. The Hall–Kier alpha value is -1.32. The van der Waals surface area contributed by atoms with Crippen molar-refractivity contribution in [2.45, 2.75) is 79.3 Å². The van der Waals surface area contributed by atoms with E-state index in [1.165, 1.54) is 0 Å². The molecule has 0 saturated carbocycles. The van der Waals surface area contributed by atoms with Crippen LogP contribution in [0.25, 0.3) is 0 Å². The molecule has 196 valence electrons. The normalized spacial score (nSPS) is 31.1. The van der Waals surface area contributed by atoms with Gasteiger partial charge in [0.2, 0.25) is 11.8 Å². The number of alkyl halides is 1. The zero-order valence-electron chi connectivity index (χ0n) is 20.9. The van der Waals surface area contributed by atoms with Crippen LogP contribution >= 0.6 is 27.7 Å². The Morgan fingerprint density at radius 1 is 1.29 bits per heavy atom. The van der Waals surface area contributed by atoms with E-state index < -0.39 is 22.6 Å². The Labute approximate surface area is 221 Å². The van der Waals surface area contributed by atoms with E-state index >= 15 is 0 Å². The summed E-state index contributed by atoms with van der Waals surface area (Å²) < 4.78 is 4.99. The first-order chi connectivity index (χ1) is 16.7. The van der Waals surface area contributed by atoms with Crippen LogP contribution in [0.1, 0.15) is 52.4 Å². The molecule has 3 fully saturated rings. The first-order valence-corrected chi connectivity index (χ1v) is 14.5. The lowest BCUT2D eigenvalue weighted by Crippen LogP contribution is -2.56. The first-order valence-electron chi connectivity index (χ1n) is 12.7. The van der Waals surface area contributed by atoms with Gasteiger partial charge in [0.15, 0.2) is 0 Å². The summed E-state index contributed by atoms with van der Waals surface area (Å²) in [4.78, 5) is 44.7. The summed E-state index contributed by atoms with van der Waals surface area (Å²) in [6, 6.07) is -0.702. The van der Waals surface area contributed by atoms with E-state index in [9.17, 15) is 19.5 Å². The second-order valence-corrected chi connectivity index (χ2v) is 12.7. The molecule has 3 heterocycles. The predicted octanol–water partition coefficient (Wildman–Crippen LogP) is 3.55. The lowest BCUT2D eigenvalue weighted by Gasteiger charge is -2.39. The largest absolute Gasteiger partial charge is 0.465 e. The smallest absolute Gasteiger partial charge is 0.310 e. The number of fused-ring (bicyclic) bond motifs is 1. The number of unbranched alkanes of at least 4 members (excludes halogenated alkanes) is 3. The molecule has 1 N–H and O–H groups in total. The first kappa shape index (κ1) is 28.3. The van der Waals surface area contributed by atoms with Gasteiger partial charge in [-0.1, -0.05) is 28.1 Å². The standard InChI is InChI=1S/C26H39BrN2O5S/c1-5-7-8-11-15-34-25(33)19-20-23(31)29(13-9-10-14-30)22(24(32)28(12-6-2)17(3)4)26(20)16-18(27)21(19)35-26/h5-6,17-22,30H,1-2,7-16H2,3-4H3/t18?,19-,20-,21-,22?,26?/m0/s1. The molecule has 3 unspecified atom stereocenters. The van der Waals surface area contributed by atoms with Crippen LogP contribution in [-0.4, -0.2) is 85.9 Å². The van der Waals surface area contributed by atoms with Crippen LogP contribution in [0, 0.1) is 11.8 Å². The van der Waals surface area contributed by atoms with E-state index in [0.717, 1.165) is 19.3 Å². The number of amides is 2. The number of allylic oxidation sites excluding steroid dienone is 1. The van der Waals surface area contributed by atoms with E-state index in [1.807, 2.05) is 19.9 Å². The second kappa shape index (κ2) is 12.3. The quantitative estimate of drug-likeness (QED) is 0.149. The summed E-state index contributed by atoms with van der Waals surface area (Å²) in [5, 5.41) is 9.19. The third-order valence-corrected chi connectivity index (χ3v) is 10.6. The molecule has 0 aromatic rings. The summed E-state index contributed by atoms with van der Waals surface area (Å²) in [5.41, 5.74) is 0. The number of rotatable bonds is 14. The van der Waals surface area contributed by atoms with Crippen molar-refractivity contribution in [2.24, 2.45) is 11.8 Å². The molecule has 3 aliphatic heterocycles. The number of halogens is 1. The highest BCUT2D eigenvalue weighted by Crippen LogP contribution is 2.68. The average Bonchev–Trinajstić information content (AvgIpc) is 3.40. The van der Waals surface area contributed by atoms with E-state index in [0.29, 0.717) is 39.0 Å².